The van der Waals surface area contributed by atoms with Gasteiger partial charge in [-0.25, -0.2) is 0 Å². The standard InChI is InChI=1S/C64H82N2O16/c1-37(28-75-39(3)30-77-41(5)32-79-43(7)34-81-45(9)36-82-44(8)35-80-42(6)33-78-40(4)31-76-38(2)29-74-26-25-71-10)66-63(69)53-20-16-49-47-14-18-51-59-52(19-15-48(57(47)59)50-17-21-54(64(66)70)60(53)58(49)50)62(68)65(61(51)67)24-23-46-13-22-55(72-11)56(27-46)73-12/h13-22,27,37-45H,23-26,28-36H2,1-12H3. The number of rotatable bonds is 35. The number of amides is 4. The van der Waals surface area contributed by atoms with Crippen LogP contribution < -0.4 is 9.47 Å². The van der Waals surface area contributed by atoms with Gasteiger partial charge in [-0.3, -0.25) is 29.0 Å². The second-order valence-corrected chi connectivity index (χ2v) is 21.9. The highest BCUT2D eigenvalue weighted by molar-refractivity contribution is 6.41. The Bertz CT molecular complexity index is 3050. The highest BCUT2D eigenvalue weighted by Gasteiger charge is 2.39. The lowest BCUT2D eigenvalue weighted by molar-refractivity contribution is -0.110. The van der Waals surface area contributed by atoms with Crippen molar-refractivity contribution >= 4 is 66.7 Å². The summed E-state index contributed by atoms with van der Waals surface area (Å²) in [5, 5.41) is 6.06. The molecule has 18 heteroatoms. The van der Waals surface area contributed by atoms with E-state index in [9.17, 15) is 19.2 Å². The molecule has 0 spiro atoms. The average molecular weight is 1140 g/mol. The van der Waals surface area contributed by atoms with Crippen LogP contribution in [0.2, 0.25) is 0 Å². The molecule has 8 rings (SSSR count). The van der Waals surface area contributed by atoms with Gasteiger partial charge in [0.2, 0.25) is 0 Å². The van der Waals surface area contributed by atoms with Crippen LogP contribution in [0.15, 0.2) is 66.7 Å². The Morgan fingerprint density at radius 1 is 0.378 bits per heavy atom. The molecule has 444 valence electrons. The zero-order valence-corrected chi connectivity index (χ0v) is 49.7. The molecule has 0 radical (unpaired) electrons. The minimum Gasteiger partial charge on any atom is -0.493 e. The number of hydrogen-bond donors (Lipinski definition) is 0. The quantitative estimate of drug-likeness (QED) is 0.0158. The predicted octanol–water partition coefficient (Wildman–Crippen LogP) is 9.48. The molecule has 2 aliphatic heterocycles. The van der Waals surface area contributed by atoms with Crippen molar-refractivity contribution in [1.82, 2.24) is 9.80 Å². The second kappa shape index (κ2) is 28.6. The molecule has 0 aromatic heterocycles. The van der Waals surface area contributed by atoms with E-state index in [1.165, 1.54) is 9.80 Å². The minimum atomic E-state index is -0.587. The summed E-state index contributed by atoms with van der Waals surface area (Å²) >= 11 is 0. The van der Waals surface area contributed by atoms with E-state index >= 15 is 0 Å². The van der Waals surface area contributed by atoms with Gasteiger partial charge in [-0.05, 0) is 143 Å². The van der Waals surface area contributed by atoms with Crippen LogP contribution in [0, 0.1) is 0 Å². The molecule has 6 aromatic rings. The van der Waals surface area contributed by atoms with Crippen molar-refractivity contribution in [3.05, 3.63) is 94.5 Å². The molecule has 4 amide bonds. The summed E-state index contributed by atoms with van der Waals surface area (Å²) in [5.74, 6) is -0.374. The summed E-state index contributed by atoms with van der Waals surface area (Å²) < 4.78 is 69.4. The summed E-state index contributed by atoms with van der Waals surface area (Å²) in [6.45, 7) is 22.0. The number of nitrogens with zero attached hydrogens (tertiary/aromatic N) is 2. The number of ether oxygens (including phenoxy) is 12. The molecule has 9 unspecified atom stereocenters. The van der Waals surface area contributed by atoms with E-state index in [0.29, 0.717) is 110 Å². The summed E-state index contributed by atoms with van der Waals surface area (Å²) in [6.07, 6.45) is -0.839. The third kappa shape index (κ3) is 14.4. The van der Waals surface area contributed by atoms with Gasteiger partial charge in [-0.2, -0.15) is 0 Å². The number of fused-ring (bicyclic) bond motifs is 2. The van der Waals surface area contributed by atoms with Crippen LogP contribution in [-0.4, -0.2) is 189 Å². The number of carbonyl (C=O) groups is 4. The number of benzene rings is 6. The average Bonchev–Trinajstić information content (AvgIpc) is 0.897. The van der Waals surface area contributed by atoms with Crippen LogP contribution >= 0.6 is 0 Å². The highest BCUT2D eigenvalue weighted by Crippen LogP contribution is 2.46. The molecule has 18 nitrogen and oxygen atoms in total. The molecule has 6 aromatic carbocycles. The zero-order chi connectivity index (χ0) is 58.8. The van der Waals surface area contributed by atoms with Crippen LogP contribution in [0.25, 0.3) is 43.1 Å². The lowest BCUT2D eigenvalue weighted by Crippen LogP contribution is -2.48. The van der Waals surface area contributed by atoms with E-state index in [4.69, 9.17) is 56.8 Å². The van der Waals surface area contributed by atoms with Gasteiger partial charge < -0.3 is 56.8 Å². The lowest BCUT2D eigenvalue weighted by Gasteiger charge is -2.33. The molecular weight excluding hydrogens is 1050 g/mol. The maximum Gasteiger partial charge on any atom is 0.261 e. The Hall–Kier alpha value is -5.90. The van der Waals surface area contributed by atoms with E-state index in [1.807, 2.05) is 91.8 Å². The van der Waals surface area contributed by atoms with Crippen molar-refractivity contribution in [1.29, 1.82) is 0 Å². The number of carbonyl (C=O) groups excluding carboxylic acids is 4. The molecule has 0 bridgehead atoms. The highest BCUT2D eigenvalue weighted by atomic mass is 16.6. The van der Waals surface area contributed by atoms with Crippen LogP contribution in [0.3, 0.4) is 0 Å². The van der Waals surface area contributed by atoms with Crippen molar-refractivity contribution in [3.8, 4) is 11.5 Å². The fraction of sp³-hybridized carbons (Fsp3) is 0.531. The first kappa shape index (κ1) is 62.2. The fourth-order valence-electron chi connectivity index (χ4n) is 10.5. The fourth-order valence-corrected chi connectivity index (χ4v) is 10.5. The summed E-state index contributed by atoms with van der Waals surface area (Å²) in [5.41, 5.74) is 2.62. The van der Waals surface area contributed by atoms with Crippen molar-refractivity contribution in [3.63, 3.8) is 0 Å². The van der Waals surface area contributed by atoms with Crippen LogP contribution in [-0.2, 0) is 53.8 Å². The maximum absolute atomic E-state index is 14.4. The first-order valence-electron chi connectivity index (χ1n) is 28.6. The van der Waals surface area contributed by atoms with E-state index in [0.717, 1.165) is 37.9 Å². The number of imide groups is 2. The first-order chi connectivity index (χ1) is 39.4. The molecule has 0 aliphatic carbocycles. The monoisotopic (exact) mass is 1130 g/mol. The van der Waals surface area contributed by atoms with Gasteiger partial charge >= 0.3 is 0 Å². The van der Waals surface area contributed by atoms with Gasteiger partial charge in [0.15, 0.2) is 11.5 Å². The van der Waals surface area contributed by atoms with E-state index in [-0.39, 0.29) is 80.4 Å². The van der Waals surface area contributed by atoms with Crippen LogP contribution in [0.1, 0.15) is 109 Å². The molecule has 0 fully saturated rings. The Balaban J connectivity index is 0.770. The van der Waals surface area contributed by atoms with Crippen molar-refractivity contribution in [2.75, 3.05) is 101 Å². The summed E-state index contributed by atoms with van der Waals surface area (Å²) in [4.78, 5) is 59.8. The van der Waals surface area contributed by atoms with E-state index in [1.54, 1.807) is 58.6 Å². The SMILES string of the molecule is COCCOCC(C)OCC(C)OCC(C)OCC(C)OCC(C)OCC(C)OCC(C)OCC(C)OCC(C)N1C(=O)c2ccc3c4ccc5c6c(ccc(c7ccc(c2c37)C1=O)c64)C(=O)N(CCc1ccc(OC)c(OC)c1)C5=O. The van der Waals surface area contributed by atoms with E-state index in [2.05, 4.69) is 0 Å². The first-order valence-corrected chi connectivity index (χ1v) is 28.6. The Morgan fingerprint density at radius 2 is 0.732 bits per heavy atom. The number of methoxy groups -OCH3 is 3. The van der Waals surface area contributed by atoms with Crippen molar-refractivity contribution < 1.29 is 76.0 Å². The van der Waals surface area contributed by atoms with Crippen LogP contribution in [0.5, 0.6) is 11.5 Å². The van der Waals surface area contributed by atoms with Crippen LogP contribution in [0.4, 0.5) is 0 Å². The van der Waals surface area contributed by atoms with Gasteiger partial charge in [-0.15, -0.1) is 0 Å². The second-order valence-electron chi connectivity index (χ2n) is 21.9. The molecule has 82 heavy (non-hydrogen) atoms. The van der Waals surface area contributed by atoms with Gasteiger partial charge in [0.05, 0.1) is 142 Å². The van der Waals surface area contributed by atoms with Crippen molar-refractivity contribution in [2.24, 2.45) is 0 Å². The smallest absolute Gasteiger partial charge is 0.261 e. The van der Waals surface area contributed by atoms with Gasteiger partial charge in [-0.1, -0.05) is 30.3 Å². The van der Waals surface area contributed by atoms with Gasteiger partial charge in [0.25, 0.3) is 23.6 Å². The molecule has 0 N–H and O–H groups in total. The van der Waals surface area contributed by atoms with E-state index < -0.39 is 17.9 Å². The topological polar surface area (TPSA) is 186 Å². The largest absolute Gasteiger partial charge is 0.493 e. The third-order valence-electron chi connectivity index (χ3n) is 15.0. The molecule has 2 heterocycles. The molecular formula is C64H82N2O16. The third-order valence-corrected chi connectivity index (χ3v) is 15.0. The Labute approximate surface area is 481 Å². The Morgan fingerprint density at radius 3 is 1.10 bits per heavy atom. The lowest BCUT2D eigenvalue weighted by atomic mass is 9.82. The van der Waals surface area contributed by atoms with Gasteiger partial charge in [0, 0.05) is 46.7 Å². The minimum absolute atomic E-state index is 0.0354. The summed E-state index contributed by atoms with van der Waals surface area (Å²) in [6, 6.07) is 19.7. The number of hydrogen-bond acceptors (Lipinski definition) is 16. The summed E-state index contributed by atoms with van der Waals surface area (Å²) in [7, 11) is 4.78. The van der Waals surface area contributed by atoms with Gasteiger partial charge in [0.1, 0.15) is 0 Å². The maximum atomic E-state index is 14.4. The zero-order valence-electron chi connectivity index (χ0n) is 49.7. The molecule has 9 atom stereocenters. The Kier molecular flexibility index (Phi) is 21.7. The van der Waals surface area contributed by atoms with Crippen molar-refractivity contribution in [2.45, 2.75) is 124 Å². The molecule has 0 saturated carbocycles. The molecule has 0 saturated heterocycles. The molecule has 2 aliphatic rings. The predicted molar refractivity (Wildman–Crippen MR) is 312 cm³/mol. The normalized spacial score (nSPS) is 17.0.